The number of hydrogen-bond acceptors (Lipinski definition) is 1. The number of rotatable bonds is 6. The molecule has 0 spiro atoms. The number of nitrogens with zero attached hydrogens (tertiary/aromatic N) is 1. The fraction of sp³-hybridized carbons (Fsp3) is 0.289. The summed E-state index contributed by atoms with van der Waals surface area (Å²) in [5, 5.41) is 0. The molecule has 0 aromatic heterocycles. The molecule has 1 saturated heterocycles. The number of benzene rings is 4. The van der Waals surface area contributed by atoms with Gasteiger partial charge >= 0.3 is 259 Å². The Morgan fingerprint density at radius 3 is 2.02 bits per heavy atom. The third-order valence-electron chi connectivity index (χ3n) is 9.20. The molecule has 3 heteroatoms. The minimum atomic E-state index is -0.384. The molecule has 0 N–H and O–H groups in total. The van der Waals surface area contributed by atoms with E-state index >= 15 is 0 Å². The molecule has 6 rings (SSSR count). The molecule has 1 aliphatic heterocycles. The standard InChI is InChI=1S/C38H39N.ClH.Ru/c1-6-28-22-27(3)23-29(7-2)36(28)39-26-38(25-37(39,4)5,32-16-12-9-13-17-32)33-19-21-35-31(24-33)18-20-34(35)30-14-10-8-11-15-30;;/h8-17,19-24H,6-7,25-26H2,1-5H3;1H;/q;;+1/p-1. The van der Waals surface area contributed by atoms with Crippen LogP contribution in [0.2, 0.25) is 0 Å². The molecule has 0 saturated carbocycles. The van der Waals surface area contributed by atoms with E-state index in [4.69, 9.17) is 9.69 Å². The fourth-order valence-corrected chi connectivity index (χ4v) is 8.88. The van der Waals surface area contributed by atoms with Crippen molar-refractivity contribution in [1.29, 1.82) is 0 Å². The van der Waals surface area contributed by atoms with Gasteiger partial charge in [0.1, 0.15) is 0 Å². The van der Waals surface area contributed by atoms with Crippen LogP contribution in [0.5, 0.6) is 0 Å². The zero-order valence-corrected chi connectivity index (χ0v) is 27.2. The van der Waals surface area contributed by atoms with E-state index in [0.29, 0.717) is 0 Å². The van der Waals surface area contributed by atoms with E-state index in [1.807, 2.05) is 0 Å². The van der Waals surface area contributed by atoms with Crippen molar-refractivity contribution >= 4 is 25.1 Å². The molecule has 211 valence electrons. The van der Waals surface area contributed by atoms with Gasteiger partial charge in [0.05, 0.1) is 0 Å². The molecular formula is C38H39ClNRu. The number of halogens is 1. The Kier molecular flexibility index (Phi) is 7.69. The van der Waals surface area contributed by atoms with Gasteiger partial charge in [-0.3, -0.25) is 0 Å². The quantitative estimate of drug-likeness (QED) is 0.189. The first-order valence-corrected chi connectivity index (χ1v) is 17.9. The van der Waals surface area contributed by atoms with Gasteiger partial charge in [-0.1, -0.05) is 0 Å². The van der Waals surface area contributed by atoms with E-state index in [2.05, 4.69) is 137 Å². The topological polar surface area (TPSA) is 3.24 Å². The summed E-state index contributed by atoms with van der Waals surface area (Å²) in [4.78, 5) is 2.75. The van der Waals surface area contributed by atoms with Crippen LogP contribution in [0.25, 0.3) is 5.57 Å². The second-order valence-electron chi connectivity index (χ2n) is 12.2. The SMILES string of the molecule is CCc1cc(C)cc(CC)c1N1CC(c2ccccc2)(c2ccc3c(c2)[C](=[Ru][Cl])C=C3c2ccccc2)CC1(C)C. The predicted octanol–water partition coefficient (Wildman–Crippen LogP) is 9.30. The third kappa shape index (κ3) is 4.88. The molecule has 1 nitrogen and oxygen atoms in total. The van der Waals surface area contributed by atoms with Crippen molar-refractivity contribution in [3.8, 4) is 0 Å². The van der Waals surface area contributed by atoms with Crippen LogP contribution < -0.4 is 4.90 Å². The van der Waals surface area contributed by atoms with E-state index in [1.165, 1.54) is 59.9 Å². The molecule has 1 heterocycles. The van der Waals surface area contributed by atoms with Gasteiger partial charge in [0.15, 0.2) is 0 Å². The van der Waals surface area contributed by atoms with Gasteiger partial charge in [-0.25, -0.2) is 0 Å². The molecule has 1 aliphatic carbocycles. The van der Waals surface area contributed by atoms with Crippen molar-refractivity contribution in [2.75, 3.05) is 11.4 Å². The molecule has 1 unspecified atom stereocenters. The Balaban J connectivity index is 1.53. The normalized spacial score (nSPS) is 20.6. The van der Waals surface area contributed by atoms with Crippen molar-refractivity contribution in [2.24, 2.45) is 0 Å². The second-order valence-corrected chi connectivity index (χ2v) is 14.3. The van der Waals surface area contributed by atoms with Crippen LogP contribution in [-0.4, -0.2) is 16.2 Å². The molecule has 1 atom stereocenters. The van der Waals surface area contributed by atoms with Crippen LogP contribution in [0, 0.1) is 6.92 Å². The summed E-state index contributed by atoms with van der Waals surface area (Å²) in [5.41, 5.74) is 13.6. The number of fused-ring (bicyclic) bond motifs is 1. The van der Waals surface area contributed by atoms with Crippen molar-refractivity contribution in [3.63, 3.8) is 0 Å². The maximum atomic E-state index is 6.68. The van der Waals surface area contributed by atoms with Crippen LogP contribution in [-0.2, 0) is 33.9 Å². The van der Waals surface area contributed by atoms with Crippen LogP contribution in [0.1, 0.15) is 78.6 Å². The zero-order valence-electron chi connectivity index (χ0n) is 24.7. The minimum absolute atomic E-state index is 0.0178. The first kappa shape index (κ1) is 28.3. The summed E-state index contributed by atoms with van der Waals surface area (Å²) in [6.07, 6.45) is 5.46. The van der Waals surface area contributed by atoms with E-state index in [1.54, 1.807) is 0 Å². The molecule has 2 aliphatic rings. The summed E-state index contributed by atoms with van der Waals surface area (Å²) >= 11 is -0.384. The summed E-state index contributed by atoms with van der Waals surface area (Å²) in [7, 11) is 6.68. The Morgan fingerprint density at radius 1 is 0.780 bits per heavy atom. The van der Waals surface area contributed by atoms with E-state index in [-0.39, 0.29) is 26.6 Å². The Morgan fingerprint density at radius 2 is 1.41 bits per heavy atom. The van der Waals surface area contributed by atoms with Crippen molar-refractivity contribution < 1.29 is 15.7 Å². The third-order valence-corrected chi connectivity index (χ3v) is 11.1. The number of allylic oxidation sites excluding steroid dienone is 1. The van der Waals surface area contributed by atoms with E-state index < -0.39 is 0 Å². The monoisotopic (exact) mass is 646 g/mol. The molecule has 0 amide bonds. The molecule has 41 heavy (non-hydrogen) atoms. The number of hydrogen-bond donors (Lipinski definition) is 0. The van der Waals surface area contributed by atoms with Gasteiger partial charge in [0.2, 0.25) is 0 Å². The van der Waals surface area contributed by atoms with Crippen LogP contribution in [0.3, 0.4) is 0 Å². The van der Waals surface area contributed by atoms with Gasteiger partial charge in [0.25, 0.3) is 0 Å². The predicted molar refractivity (Wildman–Crippen MR) is 173 cm³/mol. The first-order valence-electron chi connectivity index (χ1n) is 14.8. The molecule has 4 aromatic carbocycles. The summed E-state index contributed by atoms with van der Waals surface area (Å²) in [6.45, 7) is 12.7. The van der Waals surface area contributed by atoms with Crippen LogP contribution >= 0.6 is 9.69 Å². The van der Waals surface area contributed by atoms with Crippen molar-refractivity contribution in [2.45, 2.75) is 64.8 Å². The van der Waals surface area contributed by atoms with E-state index in [0.717, 1.165) is 25.8 Å². The second kappa shape index (κ2) is 11.1. The number of anilines is 1. The molecule has 4 aromatic rings. The van der Waals surface area contributed by atoms with Crippen LogP contribution in [0.4, 0.5) is 5.69 Å². The van der Waals surface area contributed by atoms with Gasteiger partial charge in [-0.2, -0.15) is 0 Å². The molecular weight excluding hydrogens is 607 g/mol. The van der Waals surface area contributed by atoms with Gasteiger partial charge in [-0.15, -0.1) is 0 Å². The first-order chi connectivity index (χ1) is 19.8. The van der Waals surface area contributed by atoms with Crippen molar-refractivity contribution in [3.05, 3.63) is 142 Å². The molecule has 0 bridgehead atoms. The summed E-state index contributed by atoms with van der Waals surface area (Å²) < 4.78 is 1.30. The van der Waals surface area contributed by atoms with Crippen LogP contribution in [0.15, 0.2) is 97.1 Å². The average Bonchev–Trinajstić information content (AvgIpc) is 3.51. The average molecular weight is 646 g/mol. The Bertz CT molecular complexity index is 1630. The molecule has 0 radical (unpaired) electrons. The number of aryl methyl sites for hydroxylation is 3. The fourth-order valence-electron chi connectivity index (χ4n) is 7.35. The van der Waals surface area contributed by atoms with E-state index in [9.17, 15) is 0 Å². The zero-order chi connectivity index (χ0) is 28.8. The Labute approximate surface area is 257 Å². The maximum absolute atomic E-state index is 6.68. The molecule has 1 fully saturated rings. The van der Waals surface area contributed by atoms with Gasteiger partial charge in [0, 0.05) is 0 Å². The summed E-state index contributed by atoms with van der Waals surface area (Å²) in [5.74, 6) is 0. The van der Waals surface area contributed by atoms with Gasteiger partial charge in [-0.05, 0) is 0 Å². The van der Waals surface area contributed by atoms with Crippen molar-refractivity contribution in [1.82, 2.24) is 0 Å². The Hall–Kier alpha value is -2.80. The van der Waals surface area contributed by atoms with Gasteiger partial charge < -0.3 is 0 Å². The summed E-state index contributed by atoms with van der Waals surface area (Å²) in [6, 6.07) is 34.0.